The number of halogens is 1. The molecule has 0 saturated heterocycles. The lowest BCUT2D eigenvalue weighted by Gasteiger charge is -2.17. The average molecular weight is 256 g/mol. The summed E-state index contributed by atoms with van der Waals surface area (Å²) in [6.45, 7) is 0. The summed E-state index contributed by atoms with van der Waals surface area (Å²) in [5, 5.41) is 3.82. The molecule has 16 heavy (non-hydrogen) atoms. The van der Waals surface area contributed by atoms with Crippen molar-refractivity contribution in [3.05, 3.63) is 34.9 Å². The van der Waals surface area contributed by atoms with Crippen LogP contribution in [0.5, 0.6) is 0 Å². The summed E-state index contributed by atoms with van der Waals surface area (Å²) in [5.74, 6) is 0.618. The Labute approximate surface area is 105 Å². The second-order valence-corrected chi connectivity index (χ2v) is 5.38. The van der Waals surface area contributed by atoms with Gasteiger partial charge in [-0.1, -0.05) is 23.7 Å². The zero-order valence-corrected chi connectivity index (χ0v) is 10.7. The Morgan fingerprint density at radius 3 is 2.88 bits per heavy atom. The second kappa shape index (κ2) is 4.68. The molecule has 1 aliphatic carbocycles. The predicted molar refractivity (Wildman–Crippen MR) is 68.9 cm³/mol. The quantitative estimate of drug-likeness (QED) is 0.897. The number of thioether (sulfide) groups is 1. The van der Waals surface area contributed by atoms with Crippen LogP contribution in [0.1, 0.15) is 18.4 Å². The van der Waals surface area contributed by atoms with Gasteiger partial charge in [-0.15, -0.1) is 0 Å². The standard InChI is InChI=1S/C12H14ClNOS/c1-16-8-11(15)14-12(5-6-12)9-3-2-4-10(13)7-9/h2-4,7H,5-6,8H2,1H3,(H,14,15). The molecule has 1 aromatic carbocycles. The van der Waals surface area contributed by atoms with E-state index in [0.29, 0.717) is 5.75 Å². The number of carbonyl (C=O) groups is 1. The van der Waals surface area contributed by atoms with Crippen molar-refractivity contribution in [2.24, 2.45) is 0 Å². The highest BCUT2D eigenvalue weighted by Crippen LogP contribution is 2.45. The van der Waals surface area contributed by atoms with E-state index in [4.69, 9.17) is 11.6 Å². The van der Waals surface area contributed by atoms with Crippen LogP contribution in [0.2, 0.25) is 5.02 Å². The van der Waals surface area contributed by atoms with Crippen molar-refractivity contribution in [1.82, 2.24) is 5.32 Å². The normalized spacial score (nSPS) is 16.9. The van der Waals surface area contributed by atoms with Crippen LogP contribution in [0.15, 0.2) is 24.3 Å². The van der Waals surface area contributed by atoms with E-state index in [0.717, 1.165) is 23.4 Å². The highest BCUT2D eigenvalue weighted by Gasteiger charge is 2.45. The molecular weight excluding hydrogens is 242 g/mol. The molecule has 1 amide bonds. The number of hydrogen-bond donors (Lipinski definition) is 1. The van der Waals surface area contributed by atoms with Crippen LogP contribution in [0.4, 0.5) is 0 Å². The van der Waals surface area contributed by atoms with Crippen molar-refractivity contribution in [3.63, 3.8) is 0 Å². The van der Waals surface area contributed by atoms with Gasteiger partial charge in [0.05, 0.1) is 11.3 Å². The molecule has 0 unspecified atom stereocenters. The summed E-state index contributed by atoms with van der Waals surface area (Å²) in [6.07, 6.45) is 3.94. The van der Waals surface area contributed by atoms with Gasteiger partial charge in [0.15, 0.2) is 0 Å². The van der Waals surface area contributed by atoms with E-state index in [1.54, 1.807) is 0 Å². The van der Waals surface area contributed by atoms with Gasteiger partial charge in [-0.05, 0) is 36.8 Å². The maximum Gasteiger partial charge on any atom is 0.230 e. The highest BCUT2D eigenvalue weighted by molar-refractivity contribution is 7.99. The summed E-state index contributed by atoms with van der Waals surface area (Å²) < 4.78 is 0. The molecule has 2 rings (SSSR count). The van der Waals surface area contributed by atoms with Crippen LogP contribution in [-0.2, 0) is 10.3 Å². The Hall–Kier alpha value is -0.670. The van der Waals surface area contributed by atoms with Crippen LogP contribution in [-0.4, -0.2) is 17.9 Å². The van der Waals surface area contributed by atoms with Crippen molar-refractivity contribution in [2.75, 3.05) is 12.0 Å². The molecule has 2 nitrogen and oxygen atoms in total. The number of rotatable bonds is 4. The third-order valence-corrected chi connectivity index (χ3v) is 3.57. The minimum Gasteiger partial charge on any atom is -0.346 e. The molecule has 1 aromatic rings. The molecule has 86 valence electrons. The van der Waals surface area contributed by atoms with Crippen molar-refractivity contribution in [1.29, 1.82) is 0 Å². The Balaban J connectivity index is 2.11. The molecule has 0 aromatic heterocycles. The van der Waals surface area contributed by atoms with Gasteiger partial charge in [-0.2, -0.15) is 11.8 Å². The number of hydrogen-bond acceptors (Lipinski definition) is 2. The zero-order valence-electron chi connectivity index (χ0n) is 9.13. The van der Waals surface area contributed by atoms with Crippen LogP contribution < -0.4 is 5.32 Å². The van der Waals surface area contributed by atoms with E-state index in [1.165, 1.54) is 11.8 Å². The predicted octanol–water partition coefficient (Wildman–Crippen LogP) is 2.81. The van der Waals surface area contributed by atoms with Crippen LogP contribution in [0, 0.1) is 0 Å². The van der Waals surface area contributed by atoms with Gasteiger partial charge in [0.1, 0.15) is 0 Å². The number of carbonyl (C=O) groups excluding carboxylic acids is 1. The van der Waals surface area contributed by atoms with E-state index in [1.807, 2.05) is 30.5 Å². The molecular formula is C12H14ClNOS. The van der Waals surface area contributed by atoms with E-state index >= 15 is 0 Å². The fourth-order valence-electron chi connectivity index (χ4n) is 1.83. The molecule has 0 spiro atoms. The third kappa shape index (κ3) is 2.53. The summed E-state index contributed by atoms with van der Waals surface area (Å²) in [6, 6.07) is 7.75. The largest absolute Gasteiger partial charge is 0.346 e. The molecule has 0 atom stereocenters. The van der Waals surface area contributed by atoms with Crippen LogP contribution in [0.3, 0.4) is 0 Å². The third-order valence-electron chi connectivity index (χ3n) is 2.78. The Morgan fingerprint density at radius 1 is 1.56 bits per heavy atom. The lowest BCUT2D eigenvalue weighted by molar-refractivity contribution is -0.119. The maximum absolute atomic E-state index is 11.6. The fourth-order valence-corrected chi connectivity index (χ4v) is 2.36. The van der Waals surface area contributed by atoms with Crippen molar-refractivity contribution >= 4 is 29.3 Å². The first-order valence-corrected chi connectivity index (χ1v) is 6.99. The SMILES string of the molecule is CSCC(=O)NC1(c2cccc(Cl)c2)CC1. The fraction of sp³-hybridized carbons (Fsp3) is 0.417. The molecule has 0 bridgehead atoms. The van der Waals surface area contributed by atoms with Crippen LogP contribution in [0.25, 0.3) is 0 Å². The van der Waals surface area contributed by atoms with Gasteiger partial charge in [0.2, 0.25) is 5.91 Å². The van der Waals surface area contributed by atoms with Gasteiger partial charge in [-0.3, -0.25) is 4.79 Å². The Bertz CT molecular complexity index is 404. The topological polar surface area (TPSA) is 29.1 Å². The van der Waals surface area contributed by atoms with E-state index in [-0.39, 0.29) is 11.4 Å². The number of benzene rings is 1. The van der Waals surface area contributed by atoms with E-state index < -0.39 is 0 Å². The molecule has 0 heterocycles. The molecule has 1 saturated carbocycles. The molecule has 1 aliphatic rings. The average Bonchev–Trinajstić information content (AvgIpc) is 2.99. The van der Waals surface area contributed by atoms with Crippen LogP contribution >= 0.6 is 23.4 Å². The zero-order chi connectivity index (χ0) is 11.6. The lowest BCUT2D eigenvalue weighted by Crippen LogP contribution is -2.35. The monoisotopic (exact) mass is 255 g/mol. The molecule has 0 aliphatic heterocycles. The van der Waals surface area contributed by atoms with Crippen molar-refractivity contribution < 1.29 is 4.79 Å². The van der Waals surface area contributed by atoms with Gasteiger partial charge in [0, 0.05) is 5.02 Å². The van der Waals surface area contributed by atoms with Gasteiger partial charge >= 0.3 is 0 Å². The minimum atomic E-state index is -0.141. The summed E-state index contributed by atoms with van der Waals surface area (Å²) in [7, 11) is 0. The second-order valence-electron chi connectivity index (χ2n) is 4.07. The lowest BCUT2D eigenvalue weighted by atomic mass is 10.1. The van der Waals surface area contributed by atoms with Gasteiger partial charge in [-0.25, -0.2) is 0 Å². The first-order chi connectivity index (χ1) is 7.66. The minimum absolute atomic E-state index is 0.102. The van der Waals surface area contributed by atoms with Crippen molar-refractivity contribution in [3.8, 4) is 0 Å². The summed E-state index contributed by atoms with van der Waals surface area (Å²) >= 11 is 7.50. The Kier molecular flexibility index (Phi) is 3.45. The highest BCUT2D eigenvalue weighted by atomic mass is 35.5. The van der Waals surface area contributed by atoms with E-state index in [9.17, 15) is 4.79 Å². The molecule has 1 N–H and O–H groups in total. The number of amides is 1. The van der Waals surface area contributed by atoms with Crippen molar-refractivity contribution in [2.45, 2.75) is 18.4 Å². The summed E-state index contributed by atoms with van der Waals surface area (Å²) in [5.41, 5.74) is 0.979. The molecule has 4 heteroatoms. The first kappa shape index (κ1) is 11.8. The smallest absolute Gasteiger partial charge is 0.230 e. The van der Waals surface area contributed by atoms with Gasteiger partial charge in [0.25, 0.3) is 0 Å². The molecule has 1 fully saturated rings. The Morgan fingerprint density at radius 2 is 2.31 bits per heavy atom. The van der Waals surface area contributed by atoms with Gasteiger partial charge < -0.3 is 5.32 Å². The first-order valence-electron chi connectivity index (χ1n) is 5.22. The maximum atomic E-state index is 11.6. The van der Waals surface area contributed by atoms with E-state index in [2.05, 4.69) is 5.32 Å². The number of nitrogens with one attached hydrogen (secondary N) is 1. The summed E-state index contributed by atoms with van der Waals surface area (Å²) in [4.78, 5) is 11.6. The molecule has 0 radical (unpaired) electrons.